The Kier molecular flexibility index (Phi) is 3.70. The smallest absolute Gasteiger partial charge is 0.493 e. The molecule has 0 unspecified atom stereocenters. The normalized spacial score (nSPS) is 10.2. The predicted molar refractivity (Wildman–Crippen MR) is 66.7 cm³/mol. The van der Waals surface area contributed by atoms with Gasteiger partial charge in [-0.1, -0.05) is 6.07 Å². The zero-order chi connectivity index (χ0) is 13.8. The topological polar surface area (TPSA) is 75.0 Å². The van der Waals surface area contributed by atoms with Crippen LogP contribution in [0.1, 0.15) is 6.92 Å². The Morgan fingerprint density at radius 2 is 2.16 bits per heavy atom. The molecule has 0 spiro atoms. The third-order valence-electron chi connectivity index (χ3n) is 2.36. The second kappa shape index (κ2) is 5.43. The van der Waals surface area contributed by atoms with Gasteiger partial charge < -0.3 is 18.6 Å². The largest absolute Gasteiger partial charge is 0.516 e. The molecule has 0 aliphatic carbocycles. The lowest BCUT2D eigenvalue weighted by Gasteiger charge is -2.06. The van der Waals surface area contributed by atoms with E-state index in [4.69, 9.17) is 13.9 Å². The van der Waals surface area contributed by atoms with Crippen LogP contribution in [0.2, 0.25) is 0 Å². The van der Waals surface area contributed by atoms with E-state index in [0.717, 1.165) is 6.07 Å². The van der Waals surface area contributed by atoms with E-state index in [1.165, 1.54) is 7.11 Å². The van der Waals surface area contributed by atoms with E-state index in [-0.39, 0.29) is 23.6 Å². The molecule has 100 valence electrons. The Labute approximate surface area is 108 Å². The molecule has 2 aromatic rings. The van der Waals surface area contributed by atoms with Gasteiger partial charge in [0.05, 0.1) is 25.2 Å². The van der Waals surface area contributed by atoms with Crippen molar-refractivity contribution >= 4 is 17.1 Å². The molecule has 0 amide bonds. The molecule has 0 atom stereocenters. The van der Waals surface area contributed by atoms with E-state index in [2.05, 4.69) is 4.74 Å². The van der Waals surface area contributed by atoms with Crippen molar-refractivity contribution in [2.45, 2.75) is 6.92 Å². The first-order valence-electron chi connectivity index (χ1n) is 5.61. The highest BCUT2D eigenvalue weighted by Gasteiger charge is 2.13. The monoisotopic (exact) mass is 264 g/mol. The van der Waals surface area contributed by atoms with Gasteiger partial charge in [-0.05, 0) is 19.1 Å². The first-order chi connectivity index (χ1) is 9.15. The van der Waals surface area contributed by atoms with Crippen LogP contribution in [-0.2, 0) is 4.74 Å². The first kappa shape index (κ1) is 12.9. The van der Waals surface area contributed by atoms with Crippen LogP contribution in [0, 0.1) is 0 Å². The lowest BCUT2D eigenvalue weighted by molar-refractivity contribution is 0.0950. The quantitative estimate of drug-likeness (QED) is 0.792. The Morgan fingerprint density at radius 3 is 2.84 bits per heavy atom. The lowest BCUT2D eigenvalue weighted by atomic mass is 10.2. The molecule has 2 rings (SSSR count). The maximum absolute atomic E-state index is 11.9. The summed E-state index contributed by atoms with van der Waals surface area (Å²) in [7, 11) is 1.45. The fraction of sp³-hybridized carbons (Fsp3) is 0.231. The maximum atomic E-state index is 11.9. The molecule has 0 aliphatic heterocycles. The summed E-state index contributed by atoms with van der Waals surface area (Å²) >= 11 is 0. The van der Waals surface area contributed by atoms with E-state index in [0.29, 0.717) is 11.1 Å². The minimum Gasteiger partial charge on any atom is -0.493 e. The predicted octanol–water partition coefficient (Wildman–Crippen LogP) is 2.34. The summed E-state index contributed by atoms with van der Waals surface area (Å²) in [5, 5.41) is 0.343. The van der Waals surface area contributed by atoms with Crippen molar-refractivity contribution in [1.82, 2.24) is 0 Å². The van der Waals surface area contributed by atoms with Crippen LogP contribution in [0.4, 0.5) is 4.79 Å². The summed E-state index contributed by atoms with van der Waals surface area (Å²) in [5.74, 6) is 0.143. The molecule has 0 aliphatic rings. The van der Waals surface area contributed by atoms with E-state index < -0.39 is 6.16 Å². The summed E-state index contributed by atoms with van der Waals surface area (Å²) in [5.41, 5.74) is -0.115. The van der Waals surface area contributed by atoms with Crippen LogP contribution < -0.4 is 14.9 Å². The molecule has 1 aromatic heterocycles. The second-order valence-corrected chi connectivity index (χ2v) is 3.55. The number of ether oxygens (including phenoxy) is 3. The van der Waals surface area contributed by atoms with Gasteiger partial charge in [0.25, 0.3) is 5.95 Å². The minimum atomic E-state index is -0.931. The van der Waals surface area contributed by atoms with Gasteiger partial charge in [-0.2, -0.15) is 0 Å². The maximum Gasteiger partial charge on any atom is 0.516 e. The third kappa shape index (κ3) is 2.67. The molecular weight excluding hydrogens is 252 g/mol. The van der Waals surface area contributed by atoms with Crippen molar-refractivity contribution in [3.63, 3.8) is 0 Å². The zero-order valence-electron chi connectivity index (χ0n) is 10.5. The number of rotatable bonds is 3. The summed E-state index contributed by atoms with van der Waals surface area (Å²) in [4.78, 5) is 23.0. The molecule has 0 saturated heterocycles. The van der Waals surface area contributed by atoms with Crippen LogP contribution in [0.15, 0.2) is 33.5 Å². The molecule has 1 aromatic carbocycles. The van der Waals surface area contributed by atoms with Crippen LogP contribution in [0.3, 0.4) is 0 Å². The van der Waals surface area contributed by atoms with E-state index in [1.807, 2.05) is 0 Å². The molecule has 0 N–H and O–H groups in total. The van der Waals surface area contributed by atoms with Crippen LogP contribution >= 0.6 is 0 Å². The number of para-hydroxylation sites is 1. The van der Waals surface area contributed by atoms with E-state index in [9.17, 15) is 9.59 Å². The van der Waals surface area contributed by atoms with Gasteiger partial charge in [-0.3, -0.25) is 4.79 Å². The van der Waals surface area contributed by atoms with Crippen molar-refractivity contribution in [1.29, 1.82) is 0 Å². The number of fused-ring (bicyclic) bond motifs is 1. The Morgan fingerprint density at radius 1 is 1.37 bits per heavy atom. The van der Waals surface area contributed by atoms with Crippen LogP contribution in [-0.4, -0.2) is 19.9 Å². The van der Waals surface area contributed by atoms with Gasteiger partial charge in [-0.15, -0.1) is 0 Å². The summed E-state index contributed by atoms with van der Waals surface area (Å²) in [6.07, 6.45) is -0.931. The third-order valence-corrected chi connectivity index (χ3v) is 2.36. The number of hydrogen-bond acceptors (Lipinski definition) is 6. The molecule has 0 bridgehead atoms. The highest BCUT2D eigenvalue weighted by molar-refractivity contribution is 5.82. The average molecular weight is 264 g/mol. The molecular formula is C13H12O6. The molecule has 19 heavy (non-hydrogen) atoms. The van der Waals surface area contributed by atoms with E-state index >= 15 is 0 Å². The van der Waals surface area contributed by atoms with Gasteiger partial charge in [-0.25, -0.2) is 4.79 Å². The average Bonchev–Trinajstić information content (AvgIpc) is 2.38. The number of hydrogen-bond donors (Lipinski definition) is 0. The summed E-state index contributed by atoms with van der Waals surface area (Å²) in [6, 6.07) is 5.99. The lowest BCUT2D eigenvalue weighted by Crippen LogP contribution is -2.12. The van der Waals surface area contributed by atoms with Gasteiger partial charge in [0.1, 0.15) is 0 Å². The highest BCUT2D eigenvalue weighted by atomic mass is 16.8. The molecule has 1 heterocycles. The molecule has 6 nitrogen and oxygen atoms in total. The van der Waals surface area contributed by atoms with Crippen molar-refractivity contribution in [3.8, 4) is 11.7 Å². The van der Waals surface area contributed by atoms with Crippen molar-refractivity contribution < 1.29 is 23.4 Å². The van der Waals surface area contributed by atoms with Gasteiger partial charge >= 0.3 is 6.16 Å². The van der Waals surface area contributed by atoms with Gasteiger partial charge in [0.15, 0.2) is 16.8 Å². The van der Waals surface area contributed by atoms with Crippen LogP contribution in [0.25, 0.3) is 11.0 Å². The first-order valence-corrected chi connectivity index (χ1v) is 5.61. The van der Waals surface area contributed by atoms with E-state index in [1.54, 1.807) is 25.1 Å². The fourth-order valence-corrected chi connectivity index (χ4v) is 1.57. The number of benzene rings is 1. The van der Waals surface area contributed by atoms with Gasteiger partial charge in [0, 0.05) is 0 Å². The second-order valence-electron chi connectivity index (χ2n) is 3.55. The van der Waals surface area contributed by atoms with Crippen molar-refractivity contribution in [2.75, 3.05) is 13.7 Å². The number of methoxy groups -OCH3 is 1. The number of carbonyl (C=O) groups excluding carboxylic acids is 1. The SMILES string of the molecule is CCOC(=O)Oc1cc(=O)c2cccc(OC)c2o1. The van der Waals surface area contributed by atoms with Crippen molar-refractivity contribution in [2.24, 2.45) is 0 Å². The summed E-state index contributed by atoms with van der Waals surface area (Å²) in [6.45, 7) is 1.81. The highest BCUT2D eigenvalue weighted by Crippen LogP contribution is 2.26. The minimum absolute atomic E-state index is 0.167. The van der Waals surface area contributed by atoms with Gasteiger partial charge in [0.2, 0.25) is 0 Å². The molecule has 0 saturated carbocycles. The zero-order valence-corrected chi connectivity index (χ0v) is 10.5. The number of carbonyl (C=O) groups is 1. The standard InChI is InChI=1S/C13H12O6/c1-3-17-13(15)19-11-7-9(14)8-5-4-6-10(16-2)12(8)18-11/h4-7H,3H2,1-2H3. The Balaban J connectivity index is 2.48. The Hall–Kier alpha value is -2.50. The van der Waals surface area contributed by atoms with Crippen molar-refractivity contribution in [3.05, 3.63) is 34.5 Å². The Bertz CT molecular complexity index is 658. The molecule has 6 heteroatoms. The van der Waals surface area contributed by atoms with Crippen LogP contribution in [0.5, 0.6) is 11.7 Å². The molecule has 0 fully saturated rings. The fourth-order valence-electron chi connectivity index (χ4n) is 1.57. The molecule has 0 radical (unpaired) electrons. The summed E-state index contributed by atoms with van der Waals surface area (Å²) < 4.78 is 19.8.